The van der Waals surface area contributed by atoms with Gasteiger partial charge in [-0.25, -0.2) is 0 Å². The zero-order valence-electron chi connectivity index (χ0n) is 9.08. The average molecular weight is 224 g/mol. The quantitative estimate of drug-likeness (QED) is 0.771. The van der Waals surface area contributed by atoms with Crippen LogP contribution in [0.4, 0.5) is 8.78 Å². The van der Waals surface area contributed by atoms with Gasteiger partial charge in [0.1, 0.15) is 5.75 Å². The van der Waals surface area contributed by atoms with Crippen LogP contribution in [-0.2, 0) is 12.3 Å². The van der Waals surface area contributed by atoms with E-state index in [-0.39, 0.29) is 11.3 Å². The van der Waals surface area contributed by atoms with Crippen LogP contribution in [0.1, 0.15) is 18.1 Å². The lowest BCUT2D eigenvalue weighted by Crippen LogP contribution is -2.08. The van der Waals surface area contributed by atoms with E-state index in [0.29, 0.717) is 18.1 Å². The lowest BCUT2D eigenvalue weighted by molar-refractivity contribution is 0.0523. The van der Waals surface area contributed by atoms with Gasteiger partial charge in [-0.05, 0) is 31.1 Å². The summed E-state index contributed by atoms with van der Waals surface area (Å²) >= 11 is 0. The lowest BCUT2D eigenvalue weighted by atomic mass is 10.0. The molecule has 16 heavy (non-hydrogen) atoms. The summed E-state index contributed by atoms with van der Waals surface area (Å²) in [4.78, 5) is 0. The number of alkyl halides is 2. The fourth-order valence-corrected chi connectivity index (χ4v) is 1.31. The number of rotatable bonds is 4. The third-order valence-electron chi connectivity index (χ3n) is 2.30. The number of phenolic OH excluding ortho intramolecular Hbond substituents is 1. The van der Waals surface area contributed by atoms with Gasteiger partial charge in [-0.15, -0.1) is 0 Å². The summed E-state index contributed by atoms with van der Waals surface area (Å²) in [6.45, 7) is 4.93. The number of hydrogen-bond donors (Lipinski definition) is 1. The summed E-state index contributed by atoms with van der Waals surface area (Å²) < 4.78 is 26.4. The van der Waals surface area contributed by atoms with Gasteiger partial charge < -0.3 is 5.11 Å². The smallest absolute Gasteiger partial charge is 0.291 e. The molecule has 86 valence electrons. The average Bonchev–Trinajstić information content (AvgIpc) is 2.27. The van der Waals surface area contributed by atoms with E-state index in [9.17, 15) is 13.9 Å². The first-order chi connectivity index (χ1) is 7.51. The minimum Gasteiger partial charge on any atom is -0.508 e. The first-order valence-electron chi connectivity index (χ1n) is 4.96. The molecule has 0 saturated carbocycles. The first-order valence-corrected chi connectivity index (χ1v) is 4.96. The van der Waals surface area contributed by atoms with E-state index in [2.05, 4.69) is 6.58 Å². The highest BCUT2D eigenvalue weighted by atomic mass is 19.3. The van der Waals surface area contributed by atoms with Crippen molar-refractivity contribution in [2.75, 3.05) is 0 Å². The summed E-state index contributed by atoms with van der Waals surface area (Å²) in [5.41, 5.74) is 0.381. The fourth-order valence-electron chi connectivity index (χ4n) is 1.31. The number of aromatic hydroxyl groups is 1. The Hall–Kier alpha value is -1.64. The molecule has 0 aromatic heterocycles. The number of hydrogen-bond acceptors (Lipinski definition) is 1. The molecule has 1 nitrogen and oxygen atoms in total. The molecule has 1 rings (SSSR count). The Balaban J connectivity index is 3.03. The van der Waals surface area contributed by atoms with Crippen LogP contribution in [0.5, 0.6) is 5.75 Å². The maximum atomic E-state index is 13.2. The highest BCUT2D eigenvalue weighted by molar-refractivity contribution is 5.40. The molecule has 0 bridgehead atoms. The van der Waals surface area contributed by atoms with Crippen molar-refractivity contribution in [2.45, 2.75) is 19.3 Å². The third-order valence-corrected chi connectivity index (χ3v) is 2.30. The van der Waals surface area contributed by atoms with Gasteiger partial charge >= 0.3 is 0 Å². The molecular weight excluding hydrogens is 210 g/mol. The Kier molecular flexibility index (Phi) is 3.82. The number of halogens is 2. The summed E-state index contributed by atoms with van der Waals surface area (Å²) in [6, 6.07) is 3.89. The van der Waals surface area contributed by atoms with Crippen molar-refractivity contribution in [1.82, 2.24) is 0 Å². The summed E-state index contributed by atoms with van der Waals surface area (Å²) in [6.07, 6.45) is 4.78. The fraction of sp³-hybridized carbons (Fsp3) is 0.231. The molecular formula is C13H14F2O. The Morgan fingerprint density at radius 2 is 2.12 bits per heavy atom. The number of phenols is 1. The standard InChI is InChI=1S/C13H14F2O/c1-3-5-6-10-7-8-11(9-12(10)16)13(14,15)4-2/h3-5,7-9,16H,2,6H2,1H3/b5-3+. The van der Waals surface area contributed by atoms with Crippen LogP contribution in [0, 0.1) is 0 Å². The zero-order valence-corrected chi connectivity index (χ0v) is 9.08. The maximum absolute atomic E-state index is 13.2. The van der Waals surface area contributed by atoms with Crippen LogP contribution >= 0.6 is 0 Å². The van der Waals surface area contributed by atoms with Crippen molar-refractivity contribution in [3.63, 3.8) is 0 Å². The molecule has 0 unspecified atom stereocenters. The SMILES string of the molecule is C=CC(F)(F)c1ccc(C/C=C/C)c(O)c1. The van der Waals surface area contributed by atoms with Gasteiger partial charge in [-0.2, -0.15) is 8.78 Å². The molecule has 3 heteroatoms. The predicted octanol–water partition coefficient (Wildman–Crippen LogP) is 3.79. The maximum Gasteiger partial charge on any atom is 0.291 e. The van der Waals surface area contributed by atoms with Gasteiger partial charge in [0.05, 0.1) is 0 Å². The van der Waals surface area contributed by atoms with E-state index in [1.807, 2.05) is 19.1 Å². The molecule has 0 amide bonds. The van der Waals surface area contributed by atoms with Gasteiger partial charge in [0, 0.05) is 5.56 Å². The van der Waals surface area contributed by atoms with Crippen molar-refractivity contribution in [1.29, 1.82) is 0 Å². The minimum absolute atomic E-state index is 0.114. The second-order valence-corrected chi connectivity index (χ2v) is 3.44. The van der Waals surface area contributed by atoms with E-state index < -0.39 is 5.92 Å². The first kappa shape index (κ1) is 12.4. The highest BCUT2D eigenvalue weighted by Crippen LogP contribution is 2.32. The van der Waals surface area contributed by atoms with Crippen LogP contribution in [-0.4, -0.2) is 5.11 Å². The van der Waals surface area contributed by atoms with Crippen LogP contribution in [0.2, 0.25) is 0 Å². The Bertz CT molecular complexity index is 408. The second kappa shape index (κ2) is 4.92. The largest absolute Gasteiger partial charge is 0.508 e. The lowest BCUT2D eigenvalue weighted by Gasteiger charge is -2.13. The van der Waals surface area contributed by atoms with Gasteiger partial charge in [0.15, 0.2) is 0 Å². The summed E-state index contributed by atoms with van der Waals surface area (Å²) in [7, 11) is 0. The van der Waals surface area contributed by atoms with Crippen molar-refractivity contribution >= 4 is 0 Å². The molecule has 0 aliphatic heterocycles. The minimum atomic E-state index is -3.10. The van der Waals surface area contributed by atoms with Gasteiger partial charge in [-0.1, -0.05) is 30.9 Å². The molecule has 1 aromatic carbocycles. The van der Waals surface area contributed by atoms with Gasteiger partial charge in [-0.3, -0.25) is 0 Å². The molecule has 1 aromatic rings. The molecule has 0 aliphatic carbocycles. The van der Waals surface area contributed by atoms with Crippen LogP contribution in [0.25, 0.3) is 0 Å². The normalized spacial score (nSPS) is 11.9. The Morgan fingerprint density at radius 1 is 1.44 bits per heavy atom. The van der Waals surface area contributed by atoms with Gasteiger partial charge in [0.25, 0.3) is 5.92 Å². The molecule has 0 radical (unpaired) electrons. The summed E-state index contributed by atoms with van der Waals surface area (Å²) in [5, 5.41) is 9.58. The topological polar surface area (TPSA) is 20.2 Å². The molecule has 0 heterocycles. The van der Waals surface area contributed by atoms with Gasteiger partial charge in [0.2, 0.25) is 0 Å². The highest BCUT2D eigenvalue weighted by Gasteiger charge is 2.27. The van der Waals surface area contributed by atoms with Crippen molar-refractivity contribution < 1.29 is 13.9 Å². The molecule has 0 fully saturated rings. The van der Waals surface area contributed by atoms with Crippen molar-refractivity contribution in [3.05, 3.63) is 54.1 Å². The zero-order chi connectivity index (χ0) is 12.2. The van der Waals surface area contributed by atoms with Crippen LogP contribution < -0.4 is 0 Å². The summed E-state index contributed by atoms with van der Waals surface area (Å²) in [5.74, 6) is -3.21. The molecule has 1 N–H and O–H groups in total. The third kappa shape index (κ3) is 2.69. The molecule has 0 saturated heterocycles. The Morgan fingerprint density at radius 3 is 2.62 bits per heavy atom. The monoisotopic (exact) mass is 224 g/mol. The molecule has 0 spiro atoms. The Labute approximate surface area is 93.7 Å². The van der Waals surface area contributed by atoms with E-state index in [1.165, 1.54) is 12.1 Å². The van der Waals surface area contributed by atoms with Crippen LogP contribution in [0.15, 0.2) is 43.0 Å². The van der Waals surface area contributed by atoms with Crippen molar-refractivity contribution in [2.24, 2.45) is 0 Å². The number of allylic oxidation sites excluding steroid dienone is 3. The molecule has 0 aliphatic rings. The van der Waals surface area contributed by atoms with Crippen molar-refractivity contribution in [3.8, 4) is 5.75 Å². The van der Waals surface area contributed by atoms with E-state index in [1.54, 1.807) is 0 Å². The van der Waals surface area contributed by atoms with Crippen LogP contribution in [0.3, 0.4) is 0 Å². The predicted molar refractivity (Wildman–Crippen MR) is 60.7 cm³/mol. The van der Waals surface area contributed by atoms with E-state index in [4.69, 9.17) is 0 Å². The molecule has 0 atom stereocenters. The number of benzene rings is 1. The second-order valence-electron chi connectivity index (χ2n) is 3.44. The van der Waals surface area contributed by atoms with E-state index in [0.717, 1.165) is 6.07 Å². The van der Waals surface area contributed by atoms with E-state index >= 15 is 0 Å².